The van der Waals surface area contributed by atoms with Crippen molar-refractivity contribution in [3.05, 3.63) is 0 Å². The number of halogens is 1. The largest absolute Gasteiger partial charge is 0.356 e. The van der Waals surface area contributed by atoms with Crippen molar-refractivity contribution in [2.75, 3.05) is 25.5 Å². The van der Waals surface area contributed by atoms with Crippen LogP contribution in [0, 0.1) is 5.92 Å². The predicted octanol–water partition coefficient (Wildman–Crippen LogP) is 0.600. The summed E-state index contributed by atoms with van der Waals surface area (Å²) in [6.07, 6.45) is 1.49. The molecule has 0 aromatic carbocycles. The second-order valence-electron chi connectivity index (χ2n) is 3.68. The number of nitrogens with one attached hydrogen (secondary N) is 1. The van der Waals surface area contributed by atoms with Crippen molar-refractivity contribution in [3.8, 4) is 0 Å². The lowest BCUT2D eigenvalue weighted by molar-refractivity contribution is -0.133. The molecule has 5 heteroatoms. The highest BCUT2D eigenvalue weighted by Gasteiger charge is 2.26. The van der Waals surface area contributed by atoms with Gasteiger partial charge < -0.3 is 10.2 Å². The molecule has 0 unspecified atom stereocenters. The fraction of sp³-hybridized carbons (Fsp3) is 0.800. The lowest BCUT2D eigenvalue weighted by Crippen LogP contribution is -2.43. The van der Waals surface area contributed by atoms with Crippen molar-refractivity contribution in [1.29, 1.82) is 0 Å². The lowest BCUT2D eigenvalue weighted by atomic mass is 9.96. The summed E-state index contributed by atoms with van der Waals surface area (Å²) in [5.41, 5.74) is 0. The number of carbonyl (C=O) groups is 2. The van der Waals surface area contributed by atoms with Gasteiger partial charge in [-0.15, -0.1) is 11.6 Å². The van der Waals surface area contributed by atoms with E-state index >= 15 is 0 Å². The minimum absolute atomic E-state index is 0.0336. The highest BCUT2D eigenvalue weighted by Crippen LogP contribution is 2.17. The molecule has 86 valence electrons. The fourth-order valence-electron chi connectivity index (χ4n) is 1.79. The van der Waals surface area contributed by atoms with Crippen LogP contribution in [0.25, 0.3) is 0 Å². The number of amides is 2. The van der Waals surface area contributed by atoms with Gasteiger partial charge in [0.2, 0.25) is 11.8 Å². The zero-order valence-electron chi connectivity index (χ0n) is 8.96. The zero-order valence-corrected chi connectivity index (χ0v) is 9.72. The maximum Gasteiger partial charge on any atom is 0.237 e. The third-order valence-electron chi connectivity index (χ3n) is 2.68. The number of piperidine rings is 1. The molecular formula is C10H17ClN2O2. The Kier molecular flexibility index (Phi) is 4.88. The molecule has 2 amide bonds. The average Bonchev–Trinajstić information content (AvgIpc) is 2.28. The number of likely N-dealkylation sites (tertiary alicyclic amines) is 1. The van der Waals surface area contributed by atoms with Crippen LogP contribution in [-0.4, -0.2) is 42.2 Å². The Morgan fingerprint density at radius 2 is 2.00 bits per heavy atom. The van der Waals surface area contributed by atoms with Crippen LogP contribution in [0.3, 0.4) is 0 Å². The van der Waals surface area contributed by atoms with Crippen molar-refractivity contribution in [1.82, 2.24) is 10.2 Å². The second-order valence-corrected chi connectivity index (χ2v) is 3.95. The second kappa shape index (κ2) is 5.95. The first-order chi connectivity index (χ1) is 7.19. The average molecular weight is 233 g/mol. The zero-order chi connectivity index (χ0) is 11.3. The summed E-state index contributed by atoms with van der Waals surface area (Å²) >= 11 is 5.46. The van der Waals surface area contributed by atoms with Crippen molar-refractivity contribution >= 4 is 23.4 Å². The molecule has 0 bridgehead atoms. The summed E-state index contributed by atoms with van der Waals surface area (Å²) in [5.74, 6) is 0.164. The molecule has 1 saturated heterocycles. The lowest BCUT2D eigenvalue weighted by Gasteiger charge is -2.30. The van der Waals surface area contributed by atoms with E-state index in [1.54, 1.807) is 4.90 Å². The highest BCUT2D eigenvalue weighted by atomic mass is 35.5. The van der Waals surface area contributed by atoms with E-state index in [0.717, 1.165) is 12.8 Å². The number of rotatable bonds is 3. The van der Waals surface area contributed by atoms with Gasteiger partial charge in [0.05, 0.1) is 0 Å². The molecule has 1 rings (SSSR count). The maximum absolute atomic E-state index is 11.5. The topological polar surface area (TPSA) is 49.4 Å². The van der Waals surface area contributed by atoms with E-state index in [2.05, 4.69) is 5.32 Å². The molecule has 0 atom stereocenters. The highest BCUT2D eigenvalue weighted by molar-refractivity contribution is 6.27. The Morgan fingerprint density at radius 1 is 1.40 bits per heavy atom. The van der Waals surface area contributed by atoms with E-state index < -0.39 is 0 Å². The van der Waals surface area contributed by atoms with Crippen LogP contribution in [0.2, 0.25) is 0 Å². The van der Waals surface area contributed by atoms with Gasteiger partial charge in [-0.05, 0) is 19.8 Å². The predicted molar refractivity (Wildman–Crippen MR) is 58.7 cm³/mol. The first kappa shape index (κ1) is 12.3. The van der Waals surface area contributed by atoms with E-state index in [1.807, 2.05) is 6.92 Å². The molecule has 0 aromatic heterocycles. The van der Waals surface area contributed by atoms with Crippen LogP contribution in [0.4, 0.5) is 0 Å². The van der Waals surface area contributed by atoms with Crippen LogP contribution in [0.15, 0.2) is 0 Å². The minimum Gasteiger partial charge on any atom is -0.356 e. The van der Waals surface area contributed by atoms with Gasteiger partial charge in [0.25, 0.3) is 0 Å². The van der Waals surface area contributed by atoms with Crippen LogP contribution in [0.1, 0.15) is 19.8 Å². The van der Waals surface area contributed by atoms with Gasteiger partial charge in [0.1, 0.15) is 5.88 Å². The van der Waals surface area contributed by atoms with Crippen LogP contribution >= 0.6 is 11.6 Å². The summed E-state index contributed by atoms with van der Waals surface area (Å²) in [5, 5.41) is 2.80. The van der Waals surface area contributed by atoms with Crippen LogP contribution < -0.4 is 5.32 Å². The van der Waals surface area contributed by atoms with E-state index in [-0.39, 0.29) is 23.6 Å². The van der Waals surface area contributed by atoms with Crippen molar-refractivity contribution < 1.29 is 9.59 Å². The normalized spacial score (nSPS) is 17.6. The molecule has 0 saturated carbocycles. The summed E-state index contributed by atoms with van der Waals surface area (Å²) in [6, 6.07) is 0. The molecule has 1 N–H and O–H groups in total. The van der Waals surface area contributed by atoms with Gasteiger partial charge in [-0.25, -0.2) is 0 Å². The van der Waals surface area contributed by atoms with Crippen molar-refractivity contribution in [3.63, 3.8) is 0 Å². The van der Waals surface area contributed by atoms with Gasteiger partial charge in [0, 0.05) is 25.6 Å². The Labute approximate surface area is 95.0 Å². The fourth-order valence-corrected chi connectivity index (χ4v) is 1.96. The third-order valence-corrected chi connectivity index (χ3v) is 2.91. The molecule has 0 aromatic rings. The van der Waals surface area contributed by atoms with Gasteiger partial charge in [0.15, 0.2) is 0 Å². The monoisotopic (exact) mass is 232 g/mol. The standard InChI is InChI=1S/C10H17ClN2O2/c1-2-12-10(15)8-3-5-13(6-4-8)9(14)7-11/h8H,2-7H2,1H3,(H,12,15). The van der Waals surface area contributed by atoms with E-state index in [4.69, 9.17) is 11.6 Å². The van der Waals surface area contributed by atoms with Crippen LogP contribution in [-0.2, 0) is 9.59 Å². The van der Waals surface area contributed by atoms with E-state index in [0.29, 0.717) is 19.6 Å². The molecule has 15 heavy (non-hydrogen) atoms. The maximum atomic E-state index is 11.5. The molecule has 1 fully saturated rings. The van der Waals surface area contributed by atoms with Gasteiger partial charge in [-0.2, -0.15) is 0 Å². The van der Waals surface area contributed by atoms with Crippen molar-refractivity contribution in [2.24, 2.45) is 5.92 Å². The number of nitrogens with zero attached hydrogens (tertiary/aromatic N) is 1. The summed E-state index contributed by atoms with van der Waals surface area (Å²) in [4.78, 5) is 24.5. The SMILES string of the molecule is CCNC(=O)C1CCN(C(=O)CCl)CC1. The molecule has 0 spiro atoms. The number of hydrogen-bond donors (Lipinski definition) is 1. The van der Waals surface area contributed by atoms with E-state index in [1.165, 1.54) is 0 Å². The molecule has 0 radical (unpaired) electrons. The van der Waals surface area contributed by atoms with Crippen molar-refractivity contribution in [2.45, 2.75) is 19.8 Å². The molecule has 0 aliphatic carbocycles. The van der Waals surface area contributed by atoms with Crippen LogP contribution in [0.5, 0.6) is 0 Å². The number of alkyl halides is 1. The molecule has 1 aliphatic rings. The Morgan fingerprint density at radius 3 is 2.47 bits per heavy atom. The Bertz CT molecular complexity index is 238. The van der Waals surface area contributed by atoms with Gasteiger partial charge in [-0.1, -0.05) is 0 Å². The first-order valence-electron chi connectivity index (χ1n) is 5.30. The third kappa shape index (κ3) is 3.38. The minimum atomic E-state index is -0.0361. The Hall–Kier alpha value is -0.770. The Balaban J connectivity index is 2.35. The number of carbonyl (C=O) groups excluding carboxylic acids is 2. The van der Waals surface area contributed by atoms with E-state index in [9.17, 15) is 9.59 Å². The summed E-state index contributed by atoms with van der Waals surface area (Å²) in [7, 11) is 0. The summed E-state index contributed by atoms with van der Waals surface area (Å²) < 4.78 is 0. The van der Waals surface area contributed by atoms with Gasteiger partial charge in [-0.3, -0.25) is 9.59 Å². The molecular weight excluding hydrogens is 216 g/mol. The first-order valence-corrected chi connectivity index (χ1v) is 5.84. The number of hydrogen-bond acceptors (Lipinski definition) is 2. The quantitative estimate of drug-likeness (QED) is 0.725. The molecule has 1 heterocycles. The smallest absolute Gasteiger partial charge is 0.237 e. The molecule has 1 aliphatic heterocycles. The van der Waals surface area contributed by atoms with Gasteiger partial charge >= 0.3 is 0 Å². The molecule has 4 nitrogen and oxygen atoms in total. The summed E-state index contributed by atoms with van der Waals surface area (Å²) in [6.45, 7) is 3.87.